The van der Waals surface area contributed by atoms with Gasteiger partial charge in [0.25, 0.3) is 0 Å². The molecule has 0 unspecified atom stereocenters. The Morgan fingerprint density at radius 2 is 2.00 bits per heavy atom. The molecule has 0 aromatic heterocycles. The third-order valence-corrected chi connectivity index (χ3v) is 4.39. The van der Waals surface area contributed by atoms with Gasteiger partial charge < -0.3 is 4.74 Å². The summed E-state index contributed by atoms with van der Waals surface area (Å²) in [6.45, 7) is 1.22. The van der Waals surface area contributed by atoms with Crippen molar-refractivity contribution in [2.75, 3.05) is 12.3 Å². The van der Waals surface area contributed by atoms with Gasteiger partial charge in [-0.1, -0.05) is 23.7 Å². The summed E-state index contributed by atoms with van der Waals surface area (Å²) in [4.78, 5) is 4.42. The zero-order valence-electron chi connectivity index (χ0n) is 11.2. The van der Waals surface area contributed by atoms with Gasteiger partial charge in [-0.3, -0.25) is 4.99 Å². The molecule has 0 fully saturated rings. The van der Waals surface area contributed by atoms with Gasteiger partial charge in [0.2, 0.25) is 0 Å². The summed E-state index contributed by atoms with van der Waals surface area (Å²) >= 11 is 7.99. The molecule has 0 aliphatic carbocycles. The molecule has 0 atom stereocenters. The summed E-state index contributed by atoms with van der Waals surface area (Å²) in [5, 5.41) is 1.59. The Morgan fingerprint density at radius 1 is 1.19 bits per heavy atom. The topological polar surface area (TPSA) is 21.6 Å². The second kappa shape index (κ2) is 6.50. The van der Waals surface area contributed by atoms with Gasteiger partial charge >= 0.3 is 0 Å². The Bertz CT molecular complexity index is 672. The van der Waals surface area contributed by atoms with E-state index in [0.29, 0.717) is 17.4 Å². The molecule has 0 saturated heterocycles. The first-order valence-electron chi connectivity index (χ1n) is 6.57. The average molecular weight is 322 g/mol. The van der Waals surface area contributed by atoms with Crippen LogP contribution < -0.4 is 4.74 Å². The van der Waals surface area contributed by atoms with Crippen molar-refractivity contribution < 1.29 is 9.13 Å². The Kier molecular flexibility index (Phi) is 4.46. The number of nitrogens with zero attached hydrogens (tertiary/aromatic N) is 1. The maximum atomic E-state index is 12.8. The zero-order valence-corrected chi connectivity index (χ0v) is 12.8. The van der Waals surface area contributed by atoms with E-state index in [2.05, 4.69) is 4.99 Å². The van der Waals surface area contributed by atoms with Crippen molar-refractivity contribution in [2.45, 2.75) is 6.61 Å². The molecule has 21 heavy (non-hydrogen) atoms. The second-order valence-electron chi connectivity index (χ2n) is 4.60. The fraction of sp³-hybridized carbons (Fsp3) is 0.188. The number of hydrogen-bond donors (Lipinski definition) is 0. The molecule has 0 radical (unpaired) electrons. The molecule has 0 bridgehead atoms. The first-order valence-corrected chi connectivity index (χ1v) is 7.93. The number of ether oxygens (including phenoxy) is 1. The highest BCUT2D eigenvalue weighted by Gasteiger charge is 2.12. The van der Waals surface area contributed by atoms with Gasteiger partial charge in [0.1, 0.15) is 18.2 Å². The van der Waals surface area contributed by atoms with Crippen LogP contribution in [0.25, 0.3) is 0 Å². The van der Waals surface area contributed by atoms with Crippen molar-refractivity contribution in [3.63, 3.8) is 0 Å². The van der Waals surface area contributed by atoms with Crippen LogP contribution in [0.4, 0.5) is 4.39 Å². The summed E-state index contributed by atoms with van der Waals surface area (Å²) in [6.07, 6.45) is 0. The largest absolute Gasteiger partial charge is 0.487 e. The minimum absolute atomic E-state index is 0.254. The maximum absolute atomic E-state index is 12.8. The van der Waals surface area contributed by atoms with Crippen molar-refractivity contribution in [3.05, 3.63) is 64.4 Å². The van der Waals surface area contributed by atoms with Crippen molar-refractivity contribution in [2.24, 2.45) is 4.99 Å². The van der Waals surface area contributed by atoms with Gasteiger partial charge in [-0.15, -0.1) is 11.8 Å². The van der Waals surface area contributed by atoms with Gasteiger partial charge in [0, 0.05) is 17.9 Å². The molecule has 1 aliphatic heterocycles. The molecule has 2 aromatic rings. The fourth-order valence-corrected chi connectivity index (χ4v) is 3.09. The molecule has 0 amide bonds. The first-order chi connectivity index (χ1) is 10.2. The van der Waals surface area contributed by atoms with Crippen LogP contribution in [-0.4, -0.2) is 17.3 Å². The molecule has 0 saturated carbocycles. The van der Waals surface area contributed by atoms with E-state index >= 15 is 0 Å². The lowest BCUT2D eigenvalue weighted by Crippen LogP contribution is -1.98. The van der Waals surface area contributed by atoms with Gasteiger partial charge in [-0.2, -0.15) is 0 Å². The molecular formula is C16H13ClFNOS. The highest BCUT2D eigenvalue weighted by molar-refractivity contribution is 8.14. The van der Waals surface area contributed by atoms with Crippen molar-refractivity contribution >= 4 is 28.4 Å². The van der Waals surface area contributed by atoms with Crippen molar-refractivity contribution in [1.29, 1.82) is 0 Å². The van der Waals surface area contributed by atoms with Crippen LogP contribution in [-0.2, 0) is 6.61 Å². The minimum Gasteiger partial charge on any atom is -0.487 e. The Morgan fingerprint density at radius 3 is 2.67 bits per heavy atom. The second-order valence-corrected chi connectivity index (χ2v) is 6.09. The standard InChI is InChI=1S/C16H13ClFNOS/c17-14-9-12(16-19-7-8-21-16)3-6-15(14)20-10-11-1-4-13(18)5-2-11/h1-6,9H,7-8,10H2. The van der Waals surface area contributed by atoms with Crippen LogP contribution in [0.1, 0.15) is 11.1 Å². The van der Waals surface area contributed by atoms with E-state index in [1.807, 2.05) is 18.2 Å². The van der Waals surface area contributed by atoms with Gasteiger partial charge in [-0.05, 0) is 35.9 Å². The lowest BCUT2D eigenvalue weighted by Gasteiger charge is -2.09. The molecule has 0 N–H and O–H groups in total. The molecule has 2 nitrogen and oxygen atoms in total. The van der Waals surface area contributed by atoms with Crippen LogP contribution in [0.5, 0.6) is 5.75 Å². The van der Waals surface area contributed by atoms with Gasteiger partial charge in [0.05, 0.1) is 10.1 Å². The number of thioether (sulfide) groups is 1. The van der Waals surface area contributed by atoms with E-state index in [1.165, 1.54) is 12.1 Å². The van der Waals surface area contributed by atoms with Gasteiger partial charge in [-0.25, -0.2) is 4.39 Å². The number of halogens is 2. The predicted octanol–water partition coefficient (Wildman–Crippen LogP) is 4.55. The number of rotatable bonds is 4. The van der Waals surface area contributed by atoms with E-state index in [-0.39, 0.29) is 5.82 Å². The average Bonchev–Trinajstić information content (AvgIpc) is 3.02. The number of aliphatic imine (C=N–C) groups is 1. The quantitative estimate of drug-likeness (QED) is 0.824. The molecule has 1 aliphatic rings. The van der Waals surface area contributed by atoms with Crippen LogP contribution >= 0.6 is 23.4 Å². The van der Waals surface area contributed by atoms with E-state index < -0.39 is 0 Å². The first kappa shape index (κ1) is 14.4. The van der Waals surface area contributed by atoms with Crippen LogP contribution in [0.15, 0.2) is 47.5 Å². The summed E-state index contributed by atoms with van der Waals surface area (Å²) in [5.74, 6) is 1.39. The van der Waals surface area contributed by atoms with Crippen LogP contribution in [0, 0.1) is 5.82 Å². The molecule has 5 heteroatoms. The molecule has 108 valence electrons. The van der Waals surface area contributed by atoms with E-state index in [4.69, 9.17) is 16.3 Å². The summed E-state index contributed by atoms with van der Waals surface area (Å²) in [7, 11) is 0. The van der Waals surface area contributed by atoms with E-state index in [0.717, 1.165) is 28.5 Å². The molecule has 0 spiro atoms. The monoisotopic (exact) mass is 321 g/mol. The smallest absolute Gasteiger partial charge is 0.138 e. The molecule has 1 heterocycles. The fourth-order valence-electron chi connectivity index (χ4n) is 2.00. The minimum atomic E-state index is -0.254. The lowest BCUT2D eigenvalue weighted by atomic mass is 10.2. The third kappa shape index (κ3) is 3.57. The predicted molar refractivity (Wildman–Crippen MR) is 86.0 cm³/mol. The highest BCUT2D eigenvalue weighted by Crippen LogP contribution is 2.29. The summed E-state index contributed by atoms with van der Waals surface area (Å²) in [5.41, 5.74) is 1.92. The molecule has 3 rings (SSSR count). The summed E-state index contributed by atoms with van der Waals surface area (Å²) < 4.78 is 18.5. The van der Waals surface area contributed by atoms with Crippen molar-refractivity contribution in [3.8, 4) is 5.75 Å². The van der Waals surface area contributed by atoms with Crippen LogP contribution in [0.3, 0.4) is 0 Å². The molecule has 2 aromatic carbocycles. The van der Waals surface area contributed by atoms with Gasteiger partial charge in [0.15, 0.2) is 0 Å². The Hall–Kier alpha value is -1.52. The lowest BCUT2D eigenvalue weighted by molar-refractivity contribution is 0.306. The Balaban J connectivity index is 1.69. The third-order valence-electron chi connectivity index (χ3n) is 3.07. The summed E-state index contributed by atoms with van der Waals surface area (Å²) in [6, 6.07) is 11.9. The Labute approximate surface area is 132 Å². The van der Waals surface area contributed by atoms with E-state index in [1.54, 1.807) is 23.9 Å². The highest BCUT2D eigenvalue weighted by atomic mass is 35.5. The number of benzene rings is 2. The SMILES string of the molecule is Fc1ccc(COc2ccc(C3=NCCS3)cc2Cl)cc1. The zero-order chi connectivity index (χ0) is 14.7. The van der Waals surface area contributed by atoms with Crippen LogP contribution in [0.2, 0.25) is 5.02 Å². The van der Waals surface area contributed by atoms with Crippen molar-refractivity contribution in [1.82, 2.24) is 0 Å². The molecular weight excluding hydrogens is 309 g/mol. The number of hydrogen-bond acceptors (Lipinski definition) is 3. The van der Waals surface area contributed by atoms with E-state index in [9.17, 15) is 4.39 Å². The maximum Gasteiger partial charge on any atom is 0.138 e. The normalized spacial score (nSPS) is 14.1.